The lowest BCUT2D eigenvalue weighted by Gasteiger charge is -2.11. The molecule has 1 atom stereocenters. The predicted molar refractivity (Wildman–Crippen MR) is 56.6 cm³/mol. The van der Waals surface area contributed by atoms with E-state index >= 15 is 0 Å². The number of hydrogen-bond acceptors (Lipinski definition) is 3. The van der Waals surface area contributed by atoms with E-state index in [0.29, 0.717) is 5.56 Å². The van der Waals surface area contributed by atoms with Crippen LogP contribution in [-0.2, 0) is 4.79 Å². The summed E-state index contributed by atoms with van der Waals surface area (Å²) in [6.07, 6.45) is 3.17. The van der Waals surface area contributed by atoms with E-state index in [1.165, 1.54) is 6.92 Å². The molecule has 1 N–H and O–H groups in total. The Labute approximate surface area is 88.7 Å². The van der Waals surface area contributed by atoms with Crippen molar-refractivity contribution in [2.75, 3.05) is 0 Å². The highest BCUT2D eigenvalue weighted by Gasteiger charge is 2.14. The number of ketones is 1. The zero-order chi connectivity index (χ0) is 11.4. The summed E-state index contributed by atoms with van der Waals surface area (Å²) in [6.45, 7) is 4.92. The number of aryl methyl sites for hydroxylation is 1. The van der Waals surface area contributed by atoms with Crippen molar-refractivity contribution >= 4 is 11.7 Å². The first-order chi connectivity index (χ1) is 7.02. The van der Waals surface area contributed by atoms with Crippen molar-refractivity contribution in [3.63, 3.8) is 0 Å². The van der Waals surface area contributed by atoms with Crippen LogP contribution in [0.2, 0.25) is 0 Å². The monoisotopic (exact) mass is 206 g/mol. The van der Waals surface area contributed by atoms with Crippen molar-refractivity contribution in [2.45, 2.75) is 26.8 Å². The first kappa shape index (κ1) is 11.4. The SMILES string of the molecule is CC(=O)C(C)NC(=O)c1ccncc1C. The predicted octanol–water partition coefficient (Wildman–Crippen LogP) is 1.10. The van der Waals surface area contributed by atoms with Crippen LogP contribution >= 0.6 is 0 Å². The molecule has 0 radical (unpaired) electrons. The second-order valence-corrected chi connectivity index (χ2v) is 3.50. The van der Waals surface area contributed by atoms with Gasteiger partial charge in [-0.3, -0.25) is 14.6 Å². The van der Waals surface area contributed by atoms with Gasteiger partial charge >= 0.3 is 0 Å². The number of carbonyl (C=O) groups is 2. The number of nitrogens with zero attached hydrogens (tertiary/aromatic N) is 1. The molecular weight excluding hydrogens is 192 g/mol. The zero-order valence-corrected chi connectivity index (χ0v) is 9.07. The Morgan fingerprint density at radius 2 is 2.13 bits per heavy atom. The maximum atomic E-state index is 11.7. The molecule has 80 valence electrons. The van der Waals surface area contributed by atoms with Crippen LogP contribution in [0, 0.1) is 6.92 Å². The minimum atomic E-state index is -0.454. The van der Waals surface area contributed by atoms with Gasteiger partial charge in [0.1, 0.15) is 0 Å². The maximum Gasteiger partial charge on any atom is 0.252 e. The Morgan fingerprint density at radius 3 is 2.67 bits per heavy atom. The van der Waals surface area contributed by atoms with Crippen LogP contribution in [0.4, 0.5) is 0 Å². The van der Waals surface area contributed by atoms with E-state index in [4.69, 9.17) is 0 Å². The molecule has 0 aliphatic carbocycles. The largest absolute Gasteiger partial charge is 0.343 e. The smallest absolute Gasteiger partial charge is 0.252 e. The van der Waals surface area contributed by atoms with Gasteiger partial charge in [-0.15, -0.1) is 0 Å². The number of Topliss-reactive ketones (excluding diaryl/α,β-unsaturated/α-hetero) is 1. The van der Waals surface area contributed by atoms with Crippen LogP contribution in [-0.4, -0.2) is 22.7 Å². The number of aromatic nitrogens is 1. The molecule has 0 bridgehead atoms. The number of nitrogens with one attached hydrogen (secondary N) is 1. The third-order valence-corrected chi connectivity index (χ3v) is 2.22. The van der Waals surface area contributed by atoms with Gasteiger partial charge in [-0.2, -0.15) is 0 Å². The van der Waals surface area contributed by atoms with Gasteiger partial charge in [-0.25, -0.2) is 0 Å². The molecule has 0 saturated heterocycles. The third kappa shape index (κ3) is 2.87. The second-order valence-electron chi connectivity index (χ2n) is 3.50. The van der Waals surface area contributed by atoms with Crippen molar-refractivity contribution in [2.24, 2.45) is 0 Å². The molecule has 0 fully saturated rings. The quantitative estimate of drug-likeness (QED) is 0.805. The lowest BCUT2D eigenvalue weighted by atomic mass is 10.1. The van der Waals surface area contributed by atoms with Gasteiger partial charge in [0.25, 0.3) is 5.91 Å². The second kappa shape index (κ2) is 4.68. The Morgan fingerprint density at radius 1 is 1.47 bits per heavy atom. The molecule has 1 aromatic rings. The third-order valence-electron chi connectivity index (χ3n) is 2.22. The van der Waals surface area contributed by atoms with E-state index in [1.54, 1.807) is 32.3 Å². The van der Waals surface area contributed by atoms with Crippen molar-refractivity contribution in [1.82, 2.24) is 10.3 Å². The lowest BCUT2D eigenvalue weighted by molar-refractivity contribution is -0.118. The molecule has 0 saturated carbocycles. The molecule has 1 aromatic heterocycles. The number of pyridine rings is 1. The van der Waals surface area contributed by atoms with Gasteiger partial charge in [0.05, 0.1) is 6.04 Å². The summed E-state index contributed by atoms with van der Waals surface area (Å²) in [6, 6.07) is 1.18. The van der Waals surface area contributed by atoms with Crippen LogP contribution in [0.3, 0.4) is 0 Å². The molecule has 0 aliphatic rings. The highest BCUT2D eigenvalue weighted by Crippen LogP contribution is 2.04. The van der Waals surface area contributed by atoms with Crippen molar-refractivity contribution < 1.29 is 9.59 Å². The molecule has 0 spiro atoms. The summed E-state index contributed by atoms with van der Waals surface area (Å²) in [7, 11) is 0. The standard InChI is InChI=1S/C11H14N2O2/c1-7-6-12-5-4-10(7)11(15)13-8(2)9(3)14/h4-6,8H,1-3H3,(H,13,15). The number of rotatable bonds is 3. The van der Waals surface area contributed by atoms with E-state index in [0.717, 1.165) is 5.56 Å². The Hall–Kier alpha value is -1.71. The summed E-state index contributed by atoms with van der Waals surface area (Å²) in [4.78, 5) is 26.6. The van der Waals surface area contributed by atoms with E-state index in [-0.39, 0.29) is 11.7 Å². The number of hydrogen-bond donors (Lipinski definition) is 1. The average molecular weight is 206 g/mol. The van der Waals surface area contributed by atoms with Gasteiger partial charge in [-0.05, 0) is 32.4 Å². The van der Waals surface area contributed by atoms with Crippen molar-refractivity contribution in [3.8, 4) is 0 Å². The van der Waals surface area contributed by atoms with Crippen LogP contribution in [0.5, 0.6) is 0 Å². The van der Waals surface area contributed by atoms with Crippen molar-refractivity contribution in [3.05, 3.63) is 29.6 Å². The summed E-state index contributed by atoms with van der Waals surface area (Å²) in [5.41, 5.74) is 1.35. The fourth-order valence-electron chi connectivity index (χ4n) is 1.10. The van der Waals surface area contributed by atoms with Gasteiger partial charge < -0.3 is 5.32 Å². The molecule has 0 aromatic carbocycles. The summed E-state index contributed by atoms with van der Waals surface area (Å²) in [5, 5.41) is 2.62. The maximum absolute atomic E-state index is 11.7. The van der Waals surface area contributed by atoms with Crippen LogP contribution in [0.1, 0.15) is 29.8 Å². The summed E-state index contributed by atoms with van der Waals surface area (Å²) in [5.74, 6) is -0.298. The average Bonchev–Trinajstić information content (AvgIpc) is 2.18. The van der Waals surface area contributed by atoms with Crippen LogP contribution in [0.25, 0.3) is 0 Å². The Bertz CT molecular complexity index is 388. The molecule has 4 nitrogen and oxygen atoms in total. The molecule has 1 rings (SSSR count). The molecule has 0 aliphatic heterocycles. The van der Waals surface area contributed by atoms with Gasteiger partial charge in [0, 0.05) is 18.0 Å². The van der Waals surface area contributed by atoms with Gasteiger partial charge in [0.15, 0.2) is 5.78 Å². The molecule has 15 heavy (non-hydrogen) atoms. The lowest BCUT2D eigenvalue weighted by Crippen LogP contribution is -2.37. The normalized spacial score (nSPS) is 11.9. The molecule has 4 heteroatoms. The first-order valence-electron chi connectivity index (χ1n) is 4.74. The number of amides is 1. The number of carbonyl (C=O) groups excluding carboxylic acids is 2. The van der Waals surface area contributed by atoms with E-state index in [2.05, 4.69) is 10.3 Å². The van der Waals surface area contributed by atoms with E-state index < -0.39 is 6.04 Å². The topological polar surface area (TPSA) is 59.1 Å². The molecular formula is C11H14N2O2. The fraction of sp³-hybridized carbons (Fsp3) is 0.364. The van der Waals surface area contributed by atoms with Gasteiger partial charge in [-0.1, -0.05) is 0 Å². The van der Waals surface area contributed by atoms with E-state index in [1.807, 2.05) is 0 Å². The fourth-order valence-corrected chi connectivity index (χ4v) is 1.10. The first-order valence-corrected chi connectivity index (χ1v) is 4.74. The summed E-state index contributed by atoms with van der Waals surface area (Å²) >= 11 is 0. The van der Waals surface area contributed by atoms with Gasteiger partial charge in [0.2, 0.25) is 0 Å². The minimum absolute atomic E-state index is 0.0601. The molecule has 1 heterocycles. The Balaban J connectivity index is 2.78. The molecule has 1 unspecified atom stereocenters. The zero-order valence-electron chi connectivity index (χ0n) is 9.07. The minimum Gasteiger partial charge on any atom is -0.343 e. The van der Waals surface area contributed by atoms with Crippen molar-refractivity contribution in [1.29, 1.82) is 0 Å². The molecule has 1 amide bonds. The highest BCUT2D eigenvalue weighted by molar-refractivity contribution is 5.98. The summed E-state index contributed by atoms with van der Waals surface area (Å²) < 4.78 is 0. The highest BCUT2D eigenvalue weighted by atomic mass is 16.2. The Kier molecular flexibility index (Phi) is 3.55. The van der Waals surface area contributed by atoms with Crippen LogP contribution in [0.15, 0.2) is 18.5 Å². The van der Waals surface area contributed by atoms with Crippen LogP contribution < -0.4 is 5.32 Å². The van der Waals surface area contributed by atoms with E-state index in [9.17, 15) is 9.59 Å².